The second-order valence-corrected chi connectivity index (χ2v) is 6.90. The number of carbonyl (C=O) groups is 1. The Morgan fingerprint density at radius 3 is 2.75 bits per heavy atom. The van der Waals surface area contributed by atoms with Gasteiger partial charge in [-0.3, -0.25) is 9.78 Å². The molecule has 20 heavy (non-hydrogen) atoms. The van der Waals surface area contributed by atoms with Crippen LogP contribution in [-0.4, -0.2) is 15.8 Å². The van der Waals surface area contributed by atoms with E-state index in [2.05, 4.69) is 36.1 Å². The molecule has 0 bridgehead atoms. The van der Waals surface area contributed by atoms with Crippen molar-refractivity contribution in [2.75, 3.05) is 0 Å². The Balaban J connectivity index is 1.87. The first kappa shape index (κ1) is 14.9. The van der Waals surface area contributed by atoms with Crippen LogP contribution in [0, 0.1) is 0 Å². The average Bonchev–Trinajstić information content (AvgIpc) is 2.86. The number of hydrogen-bond donors (Lipinski definition) is 0. The van der Waals surface area contributed by atoms with Crippen LogP contribution >= 0.6 is 11.3 Å². The van der Waals surface area contributed by atoms with Crippen LogP contribution < -0.4 is 0 Å². The number of hydrogen-bond acceptors (Lipinski definition) is 4. The zero-order chi connectivity index (χ0) is 14.6. The third kappa shape index (κ3) is 4.23. The van der Waals surface area contributed by atoms with Gasteiger partial charge in [-0.1, -0.05) is 26.8 Å². The first-order chi connectivity index (χ1) is 9.45. The predicted octanol–water partition coefficient (Wildman–Crippen LogP) is 3.58. The van der Waals surface area contributed by atoms with Crippen molar-refractivity contribution in [2.45, 2.75) is 45.4 Å². The van der Waals surface area contributed by atoms with Crippen molar-refractivity contribution in [3.63, 3.8) is 0 Å². The number of rotatable bonds is 5. The summed E-state index contributed by atoms with van der Waals surface area (Å²) in [7, 11) is 0. The molecular formula is C16H20N2OS. The highest BCUT2D eigenvalue weighted by Gasteiger charge is 2.18. The van der Waals surface area contributed by atoms with Gasteiger partial charge in [0.2, 0.25) is 0 Å². The molecule has 2 aromatic heterocycles. The molecule has 0 saturated carbocycles. The van der Waals surface area contributed by atoms with Crippen LogP contribution in [0.4, 0.5) is 0 Å². The van der Waals surface area contributed by atoms with Crippen molar-refractivity contribution in [1.29, 1.82) is 0 Å². The molecule has 0 amide bonds. The molecule has 3 nitrogen and oxygen atoms in total. The Bertz CT molecular complexity index is 570. The molecule has 0 radical (unpaired) electrons. The van der Waals surface area contributed by atoms with E-state index in [0.29, 0.717) is 12.8 Å². The molecule has 0 spiro atoms. The molecule has 0 atom stereocenters. The van der Waals surface area contributed by atoms with E-state index >= 15 is 0 Å². The average molecular weight is 288 g/mol. The SMILES string of the molecule is CC(C)(C)c1csc(CC(=O)CCc2cccnc2)n1. The summed E-state index contributed by atoms with van der Waals surface area (Å²) in [5, 5.41) is 2.98. The van der Waals surface area contributed by atoms with Crippen molar-refractivity contribution < 1.29 is 4.79 Å². The van der Waals surface area contributed by atoms with Crippen molar-refractivity contribution in [2.24, 2.45) is 0 Å². The summed E-state index contributed by atoms with van der Waals surface area (Å²) in [4.78, 5) is 20.6. The first-order valence-corrected chi connectivity index (χ1v) is 7.68. The summed E-state index contributed by atoms with van der Waals surface area (Å²) in [6.07, 6.45) is 5.31. The van der Waals surface area contributed by atoms with E-state index in [1.165, 1.54) is 0 Å². The maximum Gasteiger partial charge on any atom is 0.140 e. The van der Waals surface area contributed by atoms with Gasteiger partial charge in [0.05, 0.1) is 12.1 Å². The quantitative estimate of drug-likeness (QED) is 0.844. The number of thiazole rings is 1. The number of Topliss-reactive ketones (excluding diaryl/α,β-unsaturated/α-hetero) is 1. The number of ketones is 1. The molecule has 0 aliphatic heterocycles. The third-order valence-electron chi connectivity index (χ3n) is 3.08. The van der Waals surface area contributed by atoms with Crippen LogP contribution in [0.25, 0.3) is 0 Å². The minimum atomic E-state index is 0.0491. The zero-order valence-electron chi connectivity index (χ0n) is 12.2. The van der Waals surface area contributed by atoms with Gasteiger partial charge >= 0.3 is 0 Å². The maximum absolute atomic E-state index is 12.0. The summed E-state index contributed by atoms with van der Waals surface area (Å²) < 4.78 is 0. The summed E-state index contributed by atoms with van der Waals surface area (Å²) >= 11 is 1.58. The van der Waals surface area contributed by atoms with E-state index in [1.54, 1.807) is 17.5 Å². The van der Waals surface area contributed by atoms with Gasteiger partial charge in [-0.15, -0.1) is 11.3 Å². The molecule has 0 aromatic carbocycles. The topological polar surface area (TPSA) is 42.9 Å². The molecule has 0 unspecified atom stereocenters. The van der Waals surface area contributed by atoms with E-state index in [9.17, 15) is 4.79 Å². The fourth-order valence-electron chi connectivity index (χ4n) is 1.82. The van der Waals surface area contributed by atoms with Gasteiger partial charge < -0.3 is 0 Å². The Labute approximate surface area is 124 Å². The molecule has 2 heterocycles. The maximum atomic E-state index is 12.0. The molecule has 0 N–H and O–H groups in total. The van der Waals surface area contributed by atoms with Gasteiger partial charge in [0.15, 0.2) is 0 Å². The lowest BCUT2D eigenvalue weighted by atomic mass is 9.93. The van der Waals surface area contributed by atoms with Crippen molar-refractivity contribution in [3.8, 4) is 0 Å². The molecule has 2 rings (SSSR count). The fraction of sp³-hybridized carbons (Fsp3) is 0.438. The van der Waals surface area contributed by atoms with Gasteiger partial charge in [-0.25, -0.2) is 4.98 Å². The number of aromatic nitrogens is 2. The van der Waals surface area contributed by atoms with Crippen molar-refractivity contribution in [3.05, 3.63) is 46.2 Å². The van der Waals surface area contributed by atoms with Crippen LogP contribution in [0.2, 0.25) is 0 Å². The normalized spacial score (nSPS) is 11.6. The van der Waals surface area contributed by atoms with Crippen LogP contribution in [0.3, 0.4) is 0 Å². The Morgan fingerprint density at radius 1 is 1.35 bits per heavy atom. The van der Waals surface area contributed by atoms with E-state index < -0.39 is 0 Å². The van der Waals surface area contributed by atoms with Crippen molar-refractivity contribution >= 4 is 17.1 Å². The van der Waals surface area contributed by atoms with E-state index in [0.717, 1.165) is 22.7 Å². The second-order valence-electron chi connectivity index (χ2n) is 5.95. The van der Waals surface area contributed by atoms with E-state index in [1.807, 2.05) is 18.3 Å². The molecular weight excluding hydrogens is 268 g/mol. The highest BCUT2D eigenvalue weighted by Crippen LogP contribution is 2.24. The minimum absolute atomic E-state index is 0.0491. The van der Waals surface area contributed by atoms with Gasteiger partial charge in [0.1, 0.15) is 10.8 Å². The number of aryl methyl sites for hydroxylation is 1. The lowest BCUT2D eigenvalue weighted by Gasteiger charge is -2.14. The fourth-order valence-corrected chi connectivity index (χ4v) is 2.87. The van der Waals surface area contributed by atoms with Crippen LogP contribution in [0.5, 0.6) is 0 Å². The lowest BCUT2D eigenvalue weighted by molar-refractivity contribution is -0.118. The molecule has 2 aromatic rings. The molecule has 0 aliphatic rings. The Morgan fingerprint density at radius 2 is 2.15 bits per heavy atom. The summed E-state index contributed by atoms with van der Waals surface area (Å²) in [5.41, 5.74) is 2.22. The van der Waals surface area contributed by atoms with Gasteiger partial charge in [-0.05, 0) is 18.1 Å². The van der Waals surface area contributed by atoms with Gasteiger partial charge in [0.25, 0.3) is 0 Å². The Hall–Kier alpha value is -1.55. The third-order valence-corrected chi connectivity index (χ3v) is 3.93. The van der Waals surface area contributed by atoms with E-state index in [-0.39, 0.29) is 11.2 Å². The summed E-state index contributed by atoms with van der Waals surface area (Å²) in [6.45, 7) is 6.40. The van der Waals surface area contributed by atoms with Gasteiger partial charge in [0, 0.05) is 29.6 Å². The molecule has 4 heteroatoms. The number of nitrogens with zero attached hydrogens (tertiary/aromatic N) is 2. The predicted molar refractivity (Wildman–Crippen MR) is 82.1 cm³/mol. The smallest absolute Gasteiger partial charge is 0.140 e. The minimum Gasteiger partial charge on any atom is -0.299 e. The van der Waals surface area contributed by atoms with Crippen LogP contribution in [-0.2, 0) is 23.1 Å². The number of pyridine rings is 1. The van der Waals surface area contributed by atoms with Crippen LogP contribution in [0.15, 0.2) is 29.9 Å². The molecule has 106 valence electrons. The standard InChI is InChI=1S/C16H20N2OS/c1-16(2,3)14-11-20-15(18-14)9-13(19)7-6-12-5-4-8-17-10-12/h4-5,8,10-11H,6-7,9H2,1-3H3. The summed E-state index contributed by atoms with van der Waals surface area (Å²) in [5.74, 6) is 0.240. The summed E-state index contributed by atoms with van der Waals surface area (Å²) in [6, 6.07) is 3.90. The molecule has 0 saturated heterocycles. The van der Waals surface area contributed by atoms with Crippen LogP contribution in [0.1, 0.15) is 43.5 Å². The monoisotopic (exact) mass is 288 g/mol. The number of carbonyl (C=O) groups excluding carboxylic acids is 1. The van der Waals surface area contributed by atoms with Crippen molar-refractivity contribution in [1.82, 2.24) is 9.97 Å². The highest BCUT2D eigenvalue weighted by molar-refractivity contribution is 7.09. The molecule has 0 fully saturated rings. The van der Waals surface area contributed by atoms with Gasteiger partial charge in [-0.2, -0.15) is 0 Å². The highest BCUT2D eigenvalue weighted by atomic mass is 32.1. The zero-order valence-corrected chi connectivity index (χ0v) is 13.0. The first-order valence-electron chi connectivity index (χ1n) is 6.80. The second kappa shape index (κ2) is 6.27. The largest absolute Gasteiger partial charge is 0.299 e. The Kier molecular flexibility index (Phi) is 4.65. The lowest BCUT2D eigenvalue weighted by Crippen LogP contribution is -2.12. The molecule has 0 aliphatic carbocycles. The van der Waals surface area contributed by atoms with E-state index in [4.69, 9.17) is 0 Å².